The second kappa shape index (κ2) is 7.39. The molecule has 132 valence electrons. The number of rotatable bonds is 3. The van der Waals surface area contributed by atoms with Gasteiger partial charge in [0.2, 0.25) is 0 Å². The molecule has 1 aliphatic carbocycles. The molecule has 2 heterocycles. The predicted octanol–water partition coefficient (Wildman–Crippen LogP) is 2.46. The van der Waals surface area contributed by atoms with Gasteiger partial charge in [-0.3, -0.25) is 0 Å². The first-order valence-electron chi connectivity index (χ1n) is 9.48. The Kier molecular flexibility index (Phi) is 5.47. The summed E-state index contributed by atoms with van der Waals surface area (Å²) < 4.78 is 5.72. The second-order valence-electron chi connectivity index (χ2n) is 7.88. The number of hydrogen-bond donors (Lipinski definition) is 1. The van der Waals surface area contributed by atoms with Crippen molar-refractivity contribution in [1.29, 1.82) is 0 Å². The summed E-state index contributed by atoms with van der Waals surface area (Å²) in [6.07, 6.45) is 6.90. The summed E-state index contributed by atoms with van der Waals surface area (Å²) in [5.74, 6) is 0.587. The highest BCUT2D eigenvalue weighted by Crippen LogP contribution is 2.30. The molecule has 0 bridgehead atoms. The van der Waals surface area contributed by atoms with Gasteiger partial charge in [0.15, 0.2) is 0 Å². The molecule has 5 nitrogen and oxygen atoms in total. The number of nitrogens with one attached hydrogen (secondary N) is 1. The number of likely N-dealkylation sites (tertiary alicyclic amines) is 1. The molecule has 2 saturated heterocycles. The highest BCUT2D eigenvalue weighted by atomic mass is 16.5. The van der Waals surface area contributed by atoms with Gasteiger partial charge in [0.25, 0.3) is 0 Å². The summed E-state index contributed by atoms with van der Waals surface area (Å²) in [5, 5.41) is 3.26. The number of morpholine rings is 1. The molecule has 5 heteroatoms. The first kappa shape index (κ1) is 17.0. The van der Waals surface area contributed by atoms with Crippen LogP contribution in [0.5, 0.6) is 0 Å². The van der Waals surface area contributed by atoms with E-state index in [-0.39, 0.29) is 24.3 Å². The van der Waals surface area contributed by atoms with Crippen LogP contribution in [0.2, 0.25) is 0 Å². The number of amides is 2. The number of carbonyl (C=O) groups excluding carboxylic acids is 1. The lowest BCUT2D eigenvalue weighted by Crippen LogP contribution is -2.56. The Morgan fingerprint density at radius 3 is 2.39 bits per heavy atom. The van der Waals surface area contributed by atoms with Crippen LogP contribution in [0.15, 0.2) is 0 Å². The molecule has 2 amide bonds. The van der Waals surface area contributed by atoms with Crippen LogP contribution in [0.1, 0.15) is 52.9 Å². The zero-order valence-electron chi connectivity index (χ0n) is 15.0. The summed E-state index contributed by atoms with van der Waals surface area (Å²) in [6, 6.07) is 1.15. The summed E-state index contributed by atoms with van der Waals surface area (Å²) in [6.45, 7) is 10.1. The molecule has 0 spiro atoms. The fraction of sp³-hybridized carbons (Fsp3) is 0.944. The molecule has 3 fully saturated rings. The molecule has 23 heavy (non-hydrogen) atoms. The van der Waals surface area contributed by atoms with Gasteiger partial charge in [-0.2, -0.15) is 0 Å². The molecule has 2 aliphatic heterocycles. The van der Waals surface area contributed by atoms with Crippen molar-refractivity contribution in [2.24, 2.45) is 5.92 Å². The van der Waals surface area contributed by atoms with E-state index in [1.54, 1.807) is 0 Å². The summed E-state index contributed by atoms with van der Waals surface area (Å²) in [4.78, 5) is 17.2. The van der Waals surface area contributed by atoms with E-state index in [9.17, 15) is 4.79 Å². The Morgan fingerprint density at radius 1 is 1.09 bits per heavy atom. The molecule has 4 atom stereocenters. The topological polar surface area (TPSA) is 44.8 Å². The number of piperidine rings is 1. The lowest BCUT2D eigenvalue weighted by Gasteiger charge is -2.44. The lowest BCUT2D eigenvalue weighted by atomic mass is 9.85. The minimum absolute atomic E-state index is 0.0836. The van der Waals surface area contributed by atoms with Gasteiger partial charge in [-0.1, -0.05) is 6.42 Å². The molecule has 3 rings (SSSR count). The van der Waals surface area contributed by atoms with Crippen LogP contribution in [0.4, 0.5) is 4.79 Å². The van der Waals surface area contributed by atoms with Crippen molar-refractivity contribution in [3.8, 4) is 0 Å². The normalized spacial score (nSPS) is 34.7. The second-order valence-corrected chi connectivity index (χ2v) is 7.88. The highest BCUT2D eigenvalue weighted by molar-refractivity contribution is 5.74. The van der Waals surface area contributed by atoms with Crippen LogP contribution >= 0.6 is 0 Å². The highest BCUT2D eigenvalue weighted by Gasteiger charge is 2.33. The number of hydrogen-bond acceptors (Lipinski definition) is 3. The summed E-state index contributed by atoms with van der Waals surface area (Å²) in [7, 11) is 0. The fourth-order valence-electron chi connectivity index (χ4n) is 4.28. The third-order valence-corrected chi connectivity index (χ3v) is 5.85. The Bertz CT molecular complexity index is 403. The van der Waals surface area contributed by atoms with Crippen molar-refractivity contribution >= 4 is 6.03 Å². The van der Waals surface area contributed by atoms with Gasteiger partial charge in [-0.25, -0.2) is 4.79 Å². The van der Waals surface area contributed by atoms with E-state index in [1.165, 1.54) is 38.6 Å². The van der Waals surface area contributed by atoms with Crippen LogP contribution < -0.4 is 5.32 Å². The van der Waals surface area contributed by atoms with Gasteiger partial charge in [-0.05, 0) is 58.9 Å². The van der Waals surface area contributed by atoms with Crippen molar-refractivity contribution in [2.45, 2.75) is 77.2 Å². The molecule has 3 aliphatic rings. The van der Waals surface area contributed by atoms with Crippen LogP contribution in [-0.4, -0.2) is 66.3 Å². The third-order valence-electron chi connectivity index (χ3n) is 5.85. The van der Waals surface area contributed by atoms with Gasteiger partial charge in [0, 0.05) is 31.7 Å². The van der Waals surface area contributed by atoms with E-state index in [1.807, 2.05) is 18.7 Å². The molecule has 2 unspecified atom stereocenters. The predicted molar refractivity (Wildman–Crippen MR) is 91.5 cm³/mol. The molecule has 0 aromatic heterocycles. The van der Waals surface area contributed by atoms with Gasteiger partial charge >= 0.3 is 6.03 Å². The van der Waals surface area contributed by atoms with E-state index in [4.69, 9.17) is 4.74 Å². The summed E-state index contributed by atoms with van der Waals surface area (Å²) >= 11 is 0. The monoisotopic (exact) mass is 323 g/mol. The average Bonchev–Trinajstić information content (AvgIpc) is 2.44. The standard InChI is InChI=1S/C18H33N3O2/c1-13-10-21(11-14(2)23-13)18(22)19-15(3)16-6-5-9-20(12-16)17-7-4-8-17/h13-17H,4-12H2,1-3H3,(H,19,22)/t13-,14+,15?,16?. The van der Waals surface area contributed by atoms with Crippen LogP contribution in [0, 0.1) is 5.92 Å². The van der Waals surface area contributed by atoms with Gasteiger partial charge in [-0.15, -0.1) is 0 Å². The first-order chi connectivity index (χ1) is 11.0. The largest absolute Gasteiger partial charge is 0.372 e. The molecule has 0 aromatic carbocycles. The molecule has 1 N–H and O–H groups in total. The van der Waals surface area contributed by atoms with Crippen LogP contribution in [0.25, 0.3) is 0 Å². The number of urea groups is 1. The number of nitrogens with zero attached hydrogens (tertiary/aromatic N) is 2. The van der Waals surface area contributed by atoms with E-state index in [0.29, 0.717) is 19.0 Å². The Morgan fingerprint density at radius 2 is 1.78 bits per heavy atom. The third kappa shape index (κ3) is 4.18. The molecule has 0 aromatic rings. The zero-order chi connectivity index (χ0) is 16.4. The number of carbonyl (C=O) groups is 1. The molecular formula is C18H33N3O2. The Hall–Kier alpha value is -0.810. The lowest BCUT2D eigenvalue weighted by molar-refractivity contribution is -0.0550. The quantitative estimate of drug-likeness (QED) is 0.868. The fourth-order valence-corrected chi connectivity index (χ4v) is 4.28. The maximum Gasteiger partial charge on any atom is 0.317 e. The van der Waals surface area contributed by atoms with Crippen molar-refractivity contribution in [1.82, 2.24) is 15.1 Å². The molecule has 1 saturated carbocycles. The molecule has 0 radical (unpaired) electrons. The van der Waals surface area contributed by atoms with Crippen molar-refractivity contribution in [3.05, 3.63) is 0 Å². The Labute approximate surface area is 140 Å². The van der Waals surface area contributed by atoms with Gasteiger partial charge in [0.05, 0.1) is 12.2 Å². The molecular weight excluding hydrogens is 290 g/mol. The van der Waals surface area contributed by atoms with Gasteiger partial charge < -0.3 is 19.9 Å². The maximum absolute atomic E-state index is 12.6. The van der Waals surface area contributed by atoms with Crippen molar-refractivity contribution in [3.63, 3.8) is 0 Å². The first-order valence-corrected chi connectivity index (χ1v) is 9.48. The maximum atomic E-state index is 12.6. The Balaban J connectivity index is 1.49. The summed E-state index contributed by atoms with van der Waals surface area (Å²) in [5.41, 5.74) is 0. The van der Waals surface area contributed by atoms with Crippen LogP contribution in [0.3, 0.4) is 0 Å². The SMILES string of the molecule is CC(NC(=O)N1C[C@@H](C)O[C@@H](C)C1)C1CCCN(C2CCC2)C1. The smallest absolute Gasteiger partial charge is 0.317 e. The van der Waals surface area contributed by atoms with E-state index in [0.717, 1.165) is 12.6 Å². The number of ether oxygens (including phenoxy) is 1. The minimum Gasteiger partial charge on any atom is -0.372 e. The minimum atomic E-state index is 0.0836. The van der Waals surface area contributed by atoms with Crippen molar-refractivity contribution in [2.75, 3.05) is 26.2 Å². The van der Waals surface area contributed by atoms with Crippen LogP contribution in [-0.2, 0) is 4.74 Å². The van der Waals surface area contributed by atoms with Crippen molar-refractivity contribution < 1.29 is 9.53 Å². The average molecular weight is 323 g/mol. The van der Waals surface area contributed by atoms with E-state index < -0.39 is 0 Å². The van der Waals surface area contributed by atoms with Gasteiger partial charge in [0.1, 0.15) is 0 Å². The zero-order valence-corrected chi connectivity index (χ0v) is 15.0. The van der Waals surface area contributed by atoms with E-state index >= 15 is 0 Å². The van der Waals surface area contributed by atoms with E-state index in [2.05, 4.69) is 17.1 Å².